The highest BCUT2D eigenvalue weighted by atomic mass is 16.2. The maximum Gasteiger partial charge on any atom is 0.333 e. The molecule has 0 heterocycles. The van der Waals surface area contributed by atoms with Crippen LogP contribution in [0.2, 0.25) is 0 Å². The molecule has 0 aliphatic heterocycles. The average Bonchev–Trinajstić information content (AvgIpc) is 2.57. The number of carbonyl (C=O) groups excluding carboxylic acids is 2. The van der Waals surface area contributed by atoms with Crippen molar-refractivity contribution in [1.29, 1.82) is 0 Å². The van der Waals surface area contributed by atoms with Crippen molar-refractivity contribution >= 4 is 45.0 Å². The van der Waals surface area contributed by atoms with Gasteiger partial charge in [0.05, 0.1) is 11.4 Å². The minimum absolute atomic E-state index is 0.479. The fourth-order valence-corrected chi connectivity index (χ4v) is 2.68. The summed E-state index contributed by atoms with van der Waals surface area (Å²) in [4.78, 5) is 22.7. The third-order valence-corrected chi connectivity index (χ3v) is 3.83. The van der Waals surface area contributed by atoms with Gasteiger partial charge in [-0.3, -0.25) is 0 Å². The van der Waals surface area contributed by atoms with Crippen LogP contribution < -0.4 is 33.2 Å². The van der Waals surface area contributed by atoms with Crippen molar-refractivity contribution in [2.75, 3.05) is 10.0 Å². The molecule has 0 bridgehead atoms. The summed E-state index contributed by atoms with van der Waals surface area (Å²) in [6.45, 7) is 0. The Labute approximate surface area is 137 Å². The van der Waals surface area contributed by atoms with E-state index in [4.69, 9.17) is 23.2 Å². The number of hydrogen-bond donors (Lipinski definition) is 4. The molecule has 24 heavy (non-hydrogen) atoms. The summed E-state index contributed by atoms with van der Waals surface area (Å²) in [7, 11) is 0. The Morgan fingerprint density at radius 2 is 1.08 bits per heavy atom. The Bertz CT molecular complexity index is 892. The number of anilines is 2. The summed E-state index contributed by atoms with van der Waals surface area (Å²) in [5, 5.41) is 4.87. The normalized spacial score (nSPS) is 10.8. The van der Waals surface area contributed by atoms with Crippen LogP contribution in [0.5, 0.6) is 0 Å². The van der Waals surface area contributed by atoms with Crippen molar-refractivity contribution < 1.29 is 9.59 Å². The zero-order chi connectivity index (χ0) is 17.4. The Balaban J connectivity index is 2.31. The number of hydrogen-bond acceptors (Lipinski definition) is 4. The van der Waals surface area contributed by atoms with Gasteiger partial charge in [0, 0.05) is 10.8 Å². The molecule has 0 radical (unpaired) electrons. The second kappa shape index (κ2) is 5.69. The van der Waals surface area contributed by atoms with Gasteiger partial charge in [-0.05, 0) is 35.0 Å². The minimum atomic E-state index is -0.766. The molecule has 0 unspecified atom stereocenters. The zero-order valence-corrected chi connectivity index (χ0v) is 12.6. The highest BCUT2D eigenvalue weighted by Gasteiger charge is 2.15. The topological polar surface area (TPSA) is 145 Å². The van der Waals surface area contributed by atoms with Crippen LogP contribution in [0.1, 0.15) is 0 Å². The molecule has 0 aliphatic rings. The third-order valence-electron chi connectivity index (χ3n) is 3.83. The smallest absolute Gasteiger partial charge is 0.333 e. The average molecular weight is 324 g/mol. The number of nitrogens with two attached hydrogens (primary N) is 4. The van der Waals surface area contributed by atoms with Crippen LogP contribution in [0, 0.1) is 0 Å². The van der Waals surface area contributed by atoms with Crippen molar-refractivity contribution in [1.82, 2.24) is 0 Å². The number of amides is 4. The Morgan fingerprint density at radius 3 is 1.42 bits per heavy atom. The van der Waals surface area contributed by atoms with Crippen molar-refractivity contribution in [3.05, 3.63) is 48.5 Å². The number of fused-ring (bicyclic) bond motifs is 2. The molecule has 0 saturated heterocycles. The van der Waals surface area contributed by atoms with Crippen molar-refractivity contribution in [2.45, 2.75) is 0 Å². The van der Waals surface area contributed by atoms with E-state index in [9.17, 15) is 9.59 Å². The van der Waals surface area contributed by atoms with E-state index in [-0.39, 0.29) is 0 Å². The van der Waals surface area contributed by atoms with E-state index in [1.807, 2.05) is 24.3 Å². The first-order chi connectivity index (χ1) is 11.4. The van der Waals surface area contributed by atoms with Gasteiger partial charge < -0.3 is 11.5 Å². The fraction of sp³-hybridized carbons (Fsp3) is 0. The first kappa shape index (κ1) is 15.5. The van der Waals surface area contributed by atoms with Gasteiger partial charge in [-0.25, -0.2) is 31.3 Å². The van der Waals surface area contributed by atoms with Crippen LogP contribution in [0.25, 0.3) is 21.5 Å². The SMILES string of the molecule is NC(=O)N(N)c1cccc2cc3c(N(N)C(N)=O)cccc3cc12. The molecule has 3 aromatic rings. The first-order valence-corrected chi connectivity index (χ1v) is 7.04. The van der Waals surface area contributed by atoms with Gasteiger partial charge in [-0.1, -0.05) is 24.3 Å². The van der Waals surface area contributed by atoms with Crippen molar-refractivity contribution in [3.8, 4) is 0 Å². The molecule has 0 fully saturated rings. The second-order valence-corrected chi connectivity index (χ2v) is 5.27. The van der Waals surface area contributed by atoms with Crippen LogP contribution in [0.15, 0.2) is 48.5 Å². The summed E-state index contributed by atoms with van der Waals surface area (Å²) in [6, 6.07) is 12.8. The standard InChI is InChI=1S/C16H16N6O2/c17-15(23)21(19)13-5-1-3-9-7-12-10(8-11(9)13)4-2-6-14(12)22(20)16(18)24/h1-8H,19-20H2,(H2,17,23)(H2,18,24). The summed E-state index contributed by atoms with van der Waals surface area (Å²) in [5.41, 5.74) is 11.5. The van der Waals surface area contributed by atoms with E-state index in [2.05, 4.69) is 0 Å². The number of carbonyl (C=O) groups is 2. The molecule has 0 spiro atoms. The van der Waals surface area contributed by atoms with E-state index in [1.54, 1.807) is 24.3 Å². The summed E-state index contributed by atoms with van der Waals surface area (Å²) >= 11 is 0. The molecule has 4 amide bonds. The number of urea groups is 2. The maximum absolute atomic E-state index is 11.4. The third kappa shape index (κ3) is 2.45. The largest absolute Gasteiger partial charge is 0.350 e. The monoisotopic (exact) mass is 324 g/mol. The predicted octanol–water partition coefficient (Wildman–Crippen LogP) is 1.51. The molecule has 3 aromatic carbocycles. The zero-order valence-electron chi connectivity index (χ0n) is 12.6. The molecule has 0 aliphatic carbocycles. The summed E-state index contributed by atoms with van der Waals surface area (Å²) < 4.78 is 0. The maximum atomic E-state index is 11.4. The number of hydrazine groups is 2. The summed E-state index contributed by atoms with van der Waals surface area (Å²) in [5.74, 6) is 11.5. The van der Waals surface area contributed by atoms with Gasteiger partial charge in [0.1, 0.15) is 0 Å². The molecule has 3 rings (SSSR count). The lowest BCUT2D eigenvalue weighted by atomic mass is 10.0. The molecule has 122 valence electrons. The highest BCUT2D eigenvalue weighted by molar-refractivity contribution is 6.11. The lowest BCUT2D eigenvalue weighted by molar-refractivity contribution is 0.253. The molecule has 0 aromatic heterocycles. The number of rotatable bonds is 2. The van der Waals surface area contributed by atoms with Crippen molar-refractivity contribution in [3.63, 3.8) is 0 Å². The minimum Gasteiger partial charge on any atom is -0.350 e. The van der Waals surface area contributed by atoms with E-state index in [0.29, 0.717) is 11.4 Å². The van der Waals surface area contributed by atoms with Gasteiger partial charge in [0.15, 0.2) is 0 Å². The Morgan fingerprint density at radius 1 is 0.708 bits per heavy atom. The molecule has 8 heteroatoms. The lowest BCUT2D eigenvalue weighted by Crippen LogP contribution is -2.41. The number of primary amides is 2. The highest BCUT2D eigenvalue weighted by Crippen LogP contribution is 2.33. The summed E-state index contributed by atoms with van der Waals surface area (Å²) in [6.07, 6.45) is 0. The Kier molecular flexibility index (Phi) is 3.68. The number of nitrogens with zero attached hydrogens (tertiary/aromatic N) is 2. The van der Waals surface area contributed by atoms with Crippen LogP contribution in [-0.2, 0) is 0 Å². The Hall–Kier alpha value is -3.36. The van der Waals surface area contributed by atoms with Crippen LogP contribution in [0.3, 0.4) is 0 Å². The van der Waals surface area contributed by atoms with Gasteiger partial charge in [-0.15, -0.1) is 0 Å². The van der Waals surface area contributed by atoms with E-state index in [1.165, 1.54) is 0 Å². The number of benzene rings is 3. The van der Waals surface area contributed by atoms with Gasteiger partial charge in [0.25, 0.3) is 0 Å². The predicted molar refractivity (Wildman–Crippen MR) is 94.0 cm³/mol. The van der Waals surface area contributed by atoms with Crippen LogP contribution >= 0.6 is 0 Å². The van der Waals surface area contributed by atoms with E-state index >= 15 is 0 Å². The quantitative estimate of drug-likeness (QED) is 0.245. The first-order valence-electron chi connectivity index (χ1n) is 7.04. The molecule has 0 atom stereocenters. The van der Waals surface area contributed by atoms with Crippen LogP contribution in [0.4, 0.5) is 21.0 Å². The molecular formula is C16H16N6O2. The van der Waals surface area contributed by atoms with Gasteiger partial charge >= 0.3 is 12.1 Å². The molecule has 8 N–H and O–H groups in total. The molecule has 0 saturated carbocycles. The second-order valence-electron chi connectivity index (χ2n) is 5.27. The van der Waals surface area contributed by atoms with Crippen LogP contribution in [-0.4, -0.2) is 12.1 Å². The van der Waals surface area contributed by atoms with E-state index < -0.39 is 12.1 Å². The molecule has 8 nitrogen and oxygen atoms in total. The van der Waals surface area contributed by atoms with Crippen molar-refractivity contribution in [2.24, 2.45) is 23.2 Å². The van der Waals surface area contributed by atoms with Gasteiger partial charge in [-0.2, -0.15) is 0 Å². The lowest BCUT2D eigenvalue weighted by Gasteiger charge is -2.19. The van der Waals surface area contributed by atoms with Gasteiger partial charge in [0.2, 0.25) is 0 Å². The fourth-order valence-electron chi connectivity index (χ4n) is 2.68. The molecular weight excluding hydrogens is 308 g/mol. The van der Waals surface area contributed by atoms with E-state index in [0.717, 1.165) is 31.6 Å².